The van der Waals surface area contributed by atoms with Crippen molar-refractivity contribution in [2.45, 2.75) is 52.0 Å². The summed E-state index contributed by atoms with van der Waals surface area (Å²) in [5.74, 6) is 0.366. The summed E-state index contributed by atoms with van der Waals surface area (Å²) < 4.78 is 2.31. The minimum absolute atomic E-state index is 0.0267. The molecule has 2 unspecified atom stereocenters. The van der Waals surface area contributed by atoms with E-state index < -0.39 is 0 Å². The second kappa shape index (κ2) is 7.58. The Morgan fingerprint density at radius 2 is 1.59 bits per heavy atom. The Bertz CT molecular complexity index is 1420. The van der Waals surface area contributed by atoms with E-state index in [1.54, 1.807) is 0 Å². The number of nitrogens with zero attached hydrogens (tertiary/aromatic N) is 1. The minimum atomic E-state index is -0.0267. The van der Waals surface area contributed by atoms with Crippen molar-refractivity contribution in [3.63, 3.8) is 0 Å². The smallest absolute Gasteiger partial charge is 0.0882 e. The van der Waals surface area contributed by atoms with Crippen molar-refractivity contribution in [3.8, 4) is 0 Å². The largest absolute Gasteiger partial charge is 0.297 e. The van der Waals surface area contributed by atoms with Gasteiger partial charge in [0.1, 0.15) is 0 Å². The van der Waals surface area contributed by atoms with Gasteiger partial charge in [0.25, 0.3) is 0 Å². The van der Waals surface area contributed by atoms with Gasteiger partial charge < -0.3 is 0 Å². The van der Waals surface area contributed by atoms with Crippen LogP contribution in [0.25, 0.3) is 17.2 Å². The summed E-state index contributed by atoms with van der Waals surface area (Å²) in [5, 5.41) is 0. The van der Waals surface area contributed by atoms with Gasteiger partial charge in [-0.25, -0.2) is 0 Å². The lowest BCUT2D eigenvalue weighted by molar-refractivity contribution is 0.471. The summed E-state index contributed by atoms with van der Waals surface area (Å²) in [7, 11) is 0. The van der Waals surface area contributed by atoms with Gasteiger partial charge in [-0.1, -0.05) is 80.6 Å². The predicted molar refractivity (Wildman–Crippen MR) is 149 cm³/mol. The van der Waals surface area contributed by atoms with Gasteiger partial charge in [-0.2, -0.15) is 0 Å². The average Bonchev–Trinajstić information content (AvgIpc) is 3.46. The number of anilines is 1. The van der Waals surface area contributed by atoms with Crippen molar-refractivity contribution in [2.75, 3.05) is 3.93 Å². The lowest BCUT2D eigenvalue weighted by Crippen LogP contribution is -2.26. The van der Waals surface area contributed by atoms with Crippen LogP contribution in [0.4, 0.5) is 5.69 Å². The van der Waals surface area contributed by atoms with Gasteiger partial charge >= 0.3 is 0 Å². The third-order valence-corrected chi connectivity index (χ3v) is 9.13. The molecule has 6 rings (SSSR count). The molecule has 0 spiro atoms. The lowest BCUT2D eigenvalue weighted by atomic mass is 9.69. The molecule has 3 aromatic carbocycles. The summed E-state index contributed by atoms with van der Waals surface area (Å²) in [6.07, 6.45) is 4.70. The fraction of sp³-hybridized carbons (Fsp3) is 0.250. The molecule has 2 atom stereocenters. The van der Waals surface area contributed by atoms with Crippen LogP contribution in [0, 0.1) is 6.92 Å². The topological polar surface area (TPSA) is 3.24 Å². The van der Waals surface area contributed by atoms with Crippen LogP contribution >= 0.6 is 16.1 Å². The second-order valence-corrected chi connectivity index (χ2v) is 11.3. The molecule has 1 heterocycles. The van der Waals surface area contributed by atoms with Crippen LogP contribution in [0.3, 0.4) is 0 Å². The molecule has 0 N–H and O–H groups in total. The fourth-order valence-electron chi connectivity index (χ4n) is 6.46. The van der Waals surface area contributed by atoms with Crippen molar-refractivity contribution >= 4 is 39.1 Å². The normalized spacial score (nSPS) is 20.8. The number of allylic oxidation sites excluding steroid dienone is 3. The summed E-state index contributed by atoms with van der Waals surface area (Å²) >= 11 is 3.96. The number of hydrogen-bond donors (Lipinski definition) is 0. The first kappa shape index (κ1) is 21.7. The van der Waals surface area contributed by atoms with Crippen LogP contribution in [0.15, 0.2) is 84.0 Å². The molecule has 0 bridgehead atoms. The molecule has 0 radical (unpaired) electrons. The highest BCUT2D eigenvalue weighted by Gasteiger charge is 2.43. The number of halogens is 1. The molecule has 170 valence electrons. The Morgan fingerprint density at radius 1 is 0.882 bits per heavy atom. The van der Waals surface area contributed by atoms with E-state index in [9.17, 15) is 0 Å². The second-order valence-electron chi connectivity index (χ2n) is 10.5. The molecule has 34 heavy (non-hydrogen) atoms. The van der Waals surface area contributed by atoms with E-state index in [4.69, 9.17) is 0 Å². The van der Waals surface area contributed by atoms with Crippen LogP contribution in [-0.4, -0.2) is 6.04 Å². The summed E-state index contributed by atoms with van der Waals surface area (Å²) in [5.41, 5.74) is 15.1. The Kier molecular flexibility index (Phi) is 4.83. The molecule has 0 saturated carbocycles. The Hall–Kier alpha value is -2.84. The molecule has 0 saturated heterocycles. The third kappa shape index (κ3) is 2.91. The standard InChI is InChI=1S/C32H30BrN/c1-19-17-28-25(18-27(19)32(4,5)26-16-15-22-11-9-10-14-24(22)26)30-29(23-12-7-6-8-13-23)20(2)21(3)31(30)34(28)33/h6-18,26,31H,1-5H3. The van der Waals surface area contributed by atoms with Crippen LogP contribution < -0.4 is 3.93 Å². The predicted octanol–water partition coefficient (Wildman–Crippen LogP) is 8.84. The fourth-order valence-corrected chi connectivity index (χ4v) is 7.27. The van der Waals surface area contributed by atoms with Gasteiger partial charge in [-0.05, 0) is 83.0 Å². The van der Waals surface area contributed by atoms with E-state index in [-0.39, 0.29) is 11.5 Å². The van der Waals surface area contributed by atoms with E-state index in [0.29, 0.717) is 5.92 Å². The van der Waals surface area contributed by atoms with Crippen LogP contribution in [0.2, 0.25) is 0 Å². The van der Waals surface area contributed by atoms with Gasteiger partial charge in [0.15, 0.2) is 0 Å². The Labute approximate surface area is 211 Å². The lowest BCUT2D eigenvalue weighted by Gasteiger charge is -2.34. The summed E-state index contributed by atoms with van der Waals surface area (Å²) in [4.78, 5) is 0. The zero-order chi connectivity index (χ0) is 23.8. The van der Waals surface area contributed by atoms with E-state index >= 15 is 0 Å². The Balaban J connectivity index is 1.55. The Morgan fingerprint density at radius 3 is 2.35 bits per heavy atom. The zero-order valence-corrected chi connectivity index (χ0v) is 22.1. The van der Waals surface area contributed by atoms with Crippen molar-refractivity contribution in [1.29, 1.82) is 0 Å². The average molecular weight is 509 g/mol. The maximum atomic E-state index is 3.96. The molecular formula is C32H30BrN. The van der Waals surface area contributed by atoms with Crippen LogP contribution in [0.5, 0.6) is 0 Å². The van der Waals surface area contributed by atoms with Crippen LogP contribution in [-0.2, 0) is 5.41 Å². The number of aryl methyl sites for hydroxylation is 1. The molecule has 3 aromatic rings. The first-order chi connectivity index (χ1) is 16.3. The van der Waals surface area contributed by atoms with E-state index in [1.165, 1.54) is 61.4 Å². The number of hydrogen-bond acceptors (Lipinski definition) is 1. The molecule has 2 heteroatoms. The van der Waals surface area contributed by atoms with Gasteiger partial charge in [0.05, 0.1) is 27.9 Å². The molecular weight excluding hydrogens is 478 g/mol. The highest BCUT2D eigenvalue weighted by atomic mass is 79.9. The number of benzene rings is 3. The molecule has 1 aliphatic heterocycles. The number of rotatable bonds is 3. The van der Waals surface area contributed by atoms with Gasteiger partial charge in [-0.15, -0.1) is 0 Å². The van der Waals surface area contributed by atoms with Crippen molar-refractivity contribution in [2.24, 2.45) is 0 Å². The van der Waals surface area contributed by atoms with E-state index in [2.05, 4.69) is 134 Å². The highest BCUT2D eigenvalue weighted by Crippen LogP contribution is 2.56. The van der Waals surface area contributed by atoms with Crippen molar-refractivity contribution < 1.29 is 0 Å². The molecule has 0 fully saturated rings. The summed E-state index contributed by atoms with van der Waals surface area (Å²) in [6.45, 7) is 11.7. The first-order valence-electron chi connectivity index (χ1n) is 12.2. The van der Waals surface area contributed by atoms with Crippen molar-refractivity contribution in [3.05, 3.63) is 117 Å². The monoisotopic (exact) mass is 507 g/mol. The molecule has 3 aliphatic rings. The number of fused-ring (bicyclic) bond motifs is 4. The van der Waals surface area contributed by atoms with Gasteiger partial charge in [0.2, 0.25) is 0 Å². The molecule has 0 aromatic heterocycles. The highest BCUT2D eigenvalue weighted by molar-refractivity contribution is 9.10. The zero-order valence-electron chi connectivity index (χ0n) is 20.5. The maximum Gasteiger partial charge on any atom is 0.0882 e. The van der Waals surface area contributed by atoms with E-state index in [0.717, 1.165) is 0 Å². The quantitative estimate of drug-likeness (QED) is 0.320. The third-order valence-electron chi connectivity index (χ3n) is 8.34. The first-order valence-corrected chi connectivity index (χ1v) is 12.9. The molecule has 1 nitrogen and oxygen atoms in total. The van der Waals surface area contributed by atoms with Crippen LogP contribution in [0.1, 0.15) is 67.0 Å². The SMILES string of the molecule is CC1=C(C)C2C(=C1c1ccccc1)c1cc(C(C)(C)C3C=Cc4ccccc43)c(C)cc1N2Br. The van der Waals surface area contributed by atoms with Gasteiger partial charge in [0, 0.05) is 16.9 Å². The maximum absolute atomic E-state index is 3.96. The minimum Gasteiger partial charge on any atom is -0.297 e. The van der Waals surface area contributed by atoms with Gasteiger partial charge in [-0.3, -0.25) is 3.93 Å². The molecule has 2 aliphatic carbocycles. The molecule has 0 amide bonds. The van der Waals surface area contributed by atoms with Crippen molar-refractivity contribution in [1.82, 2.24) is 0 Å². The summed E-state index contributed by atoms with van der Waals surface area (Å²) in [6, 6.07) is 24.9. The van der Waals surface area contributed by atoms with E-state index in [1.807, 2.05) is 0 Å².